The van der Waals surface area contributed by atoms with Gasteiger partial charge in [-0.3, -0.25) is 14.6 Å². The Kier molecular flexibility index (Phi) is 12.3. The van der Waals surface area contributed by atoms with Crippen LogP contribution >= 0.6 is 8.25 Å². The second kappa shape index (κ2) is 15.2. The summed E-state index contributed by atoms with van der Waals surface area (Å²) in [7, 11) is -3.39. The minimum absolute atomic E-state index is 0.164. The summed E-state index contributed by atoms with van der Waals surface area (Å²) < 4.78 is 49.9. The van der Waals surface area contributed by atoms with E-state index in [0.29, 0.717) is 22.5 Å². The van der Waals surface area contributed by atoms with E-state index < -0.39 is 55.8 Å². The Balaban J connectivity index is 1.98. The topological polar surface area (TPSA) is 141 Å². The van der Waals surface area contributed by atoms with Gasteiger partial charge >= 0.3 is 26.0 Å². The van der Waals surface area contributed by atoms with E-state index in [4.69, 9.17) is 23.7 Å². The third kappa shape index (κ3) is 9.93. The highest BCUT2D eigenvalue weighted by atomic mass is 31.1. The van der Waals surface area contributed by atoms with Crippen LogP contribution in [0.4, 0.5) is 4.39 Å². The number of rotatable bonds is 11. The first-order valence-electron chi connectivity index (χ1n) is 15.7. The number of carbonyl (C=O) groups is 2. The number of aromatic nitrogens is 1. The molecule has 46 heavy (non-hydrogen) atoms. The average molecular weight is 665 g/mol. The lowest BCUT2D eigenvalue weighted by Gasteiger charge is -2.30. The van der Waals surface area contributed by atoms with Gasteiger partial charge in [0.05, 0.1) is 16.5 Å². The maximum Gasteiger partial charge on any atom is 0.699 e. The summed E-state index contributed by atoms with van der Waals surface area (Å²) in [6.45, 7) is 11.4. The molecule has 0 aliphatic heterocycles. The number of ether oxygens (including phenoxy) is 3. The van der Waals surface area contributed by atoms with Crippen molar-refractivity contribution in [1.82, 2.24) is 4.98 Å². The van der Waals surface area contributed by atoms with Crippen LogP contribution in [0.15, 0.2) is 18.2 Å². The molecule has 2 N–H and O–H groups in total. The molecule has 12 heteroatoms. The van der Waals surface area contributed by atoms with Crippen molar-refractivity contribution < 1.29 is 47.3 Å². The van der Waals surface area contributed by atoms with E-state index in [9.17, 15) is 24.2 Å². The van der Waals surface area contributed by atoms with Crippen LogP contribution in [0.5, 0.6) is 11.5 Å². The Morgan fingerprint density at radius 1 is 0.957 bits per heavy atom. The smallest absolute Gasteiger partial charge is 0.506 e. The van der Waals surface area contributed by atoms with E-state index >= 15 is 4.39 Å². The van der Waals surface area contributed by atoms with Gasteiger partial charge in [-0.05, 0) is 103 Å². The van der Waals surface area contributed by atoms with Gasteiger partial charge in [-0.15, -0.1) is 4.89 Å². The summed E-state index contributed by atoms with van der Waals surface area (Å²) in [5.74, 6) is -4.53. The maximum atomic E-state index is 16.1. The highest BCUT2D eigenvalue weighted by Gasteiger charge is 2.48. The molecule has 10 nitrogen and oxygen atoms in total. The van der Waals surface area contributed by atoms with Crippen molar-refractivity contribution in [2.24, 2.45) is 10.8 Å². The van der Waals surface area contributed by atoms with E-state index in [1.54, 1.807) is 67.5 Å². The predicted molar refractivity (Wildman–Crippen MR) is 170 cm³/mol. The van der Waals surface area contributed by atoms with Gasteiger partial charge in [0.2, 0.25) is 0 Å². The van der Waals surface area contributed by atoms with E-state index in [-0.39, 0.29) is 29.4 Å². The molecule has 1 aromatic heterocycles. The van der Waals surface area contributed by atoms with Crippen molar-refractivity contribution in [1.29, 1.82) is 0 Å². The molecular weight excluding hydrogens is 616 g/mol. The minimum atomic E-state index is -3.39. The van der Waals surface area contributed by atoms with Gasteiger partial charge in [-0.2, -0.15) is 0 Å². The Labute approximate surface area is 272 Å². The molecule has 1 fully saturated rings. The van der Waals surface area contributed by atoms with Crippen molar-refractivity contribution in [3.8, 4) is 11.5 Å². The first kappa shape index (κ1) is 37.3. The van der Waals surface area contributed by atoms with E-state index in [1.165, 1.54) is 18.9 Å². The molecule has 1 aliphatic carbocycles. The molecule has 1 aromatic carbocycles. The fourth-order valence-electron chi connectivity index (χ4n) is 5.25. The quantitative estimate of drug-likeness (QED) is 0.107. The van der Waals surface area contributed by atoms with Crippen LogP contribution in [-0.2, 0) is 34.6 Å². The SMILES string of the molecule is Cc1cc(OC(COC(=O)C(C)(C)C)(COC(=O)C(C)(C)C)O[P+](=O)O)c(F)c(C)c1Cc1ccc(O)c(C2CCCCCC2)n1. The number of aryl methyl sites for hydroxylation is 1. The number of hydrogen-bond donors (Lipinski definition) is 2. The zero-order valence-electron chi connectivity index (χ0n) is 28.2. The van der Waals surface area contributed by atoms with Crippen LogP contribution in [-0.4, -0.2) is 45.9 Å². The number of carbonyl (C=O) groups excluding carboxylic acids is 2. The summed E-state index contributed by atoms with van der Waals surface area (Å²) in [5.41, 5.74) is 0.954. The van der Waals surface area contributed by atoms with Crippen molar-refractivity contribution in [3.63, 3.8) is 0 Å². The van der Waals surface area contributed by atoms with Crippen molar-refractivity contribution in [2.45, 2.75) is 112 Å². The minimum Gasteiger partial charge on any atom is -0.506 e. The summed E-state index contributed by atoms with van der Waals surface area (Å²) >= 11 is 0. The largest absolute Gasteiger partial charge is 0.699 e. The molecule has 1 atom stereocenters. The fourth-order valence-corrected chi connectivity index (χ4v) is 5.67. The molecule has 0 saturated heterocycles. The first-order valence-corrected chi connectivity index (χ1v) is 16.8. The predicted octanol–water partition coefficient (Wildman–Crippen LogP) is 7.49. The first-order chi connectivity index (χ1) is 21.3. The van der Waals surface area contributed by atoms with Gasteiger partial charge in [0.15, 0.2) is 24.8 Å². The lowest BCUT2D eigenvalue weighted by molar-refractivity contribution is -0.207. The molecule has 2 aromatic rings. The molecule has 0 bridgehead atoms. The van der Waals surface area contributed by atoms with Crippen molar-refractivity contribution in [2.75, 3.05) is 13.2 Å². The second-order valence-corrected chi connectivity index (χ2v) is 14.8. The molecule has 3 rings (SSSR count). The van der Waals surface area contributed by atoms with Crippen LogP contribution < -0.4 is 4.74 Å². The standard InChI is InChI=1S/C34H47FNO9P/c1-21-17-27(44-34(45-46(40)41,19-42-30(38)32(3,4)5)20-43-31(39)33(6,7)8)28(35)22(2)25(21)18-24-15-16-26(37)29(36-24)23-13-11-9-10-12-14-23/h15-17,23H,9-14,18-20H2,1-8H3,(H-,37,40,41)/p+1. The molecule has 1 heterocycles. The van der Waals surface area contributed by atoms with Crippen molar-refractivity contribution in [3.05, 3.63) is 52.1 Å². The number of nitrogens with zero attached hydrogens (tertiary/aromatic N) is 1. The normalized spacial score (nSPS) is 15.2. The Hall–Kier alpha value is -3.14. The lowest BCUT2D eigenvalue weighted by atomic mass is 9.94. The molecular formula is C34H48FNO9P+. The van der Waals surface area contributed by atoms with Gasteiger partial charge in [0, 0.05) is 22.6 Å². The van der Waals surface area contributed by atoms with Gasteiger partial charge in [0.25, 0.3) is 0 Å². The van der Waals surface area contributed by atoms with Gasteiger partial charge in [-0.25, -0.2) is 4.39 Å². The fraction of sp³-hybridized carbons (Fsp3) is 0.618. The van der Waals surface area contributed by atoms with Crippen LogP contribution in [0.1, 0.15) is 114 Å². The summed E-state index contributed by atoms with van der Waals surface area (Å²) in [4.78, 5) is 39.8. The number of esters is 2. The molecule has 0 amide bonds. The number of pyridine rings is 1. The monoisotopic (exact) mass is 664 g/mol. The number of aromatic hydroxyl groups is 1. The van der Waals surface area contributed by atoms with E-state index in [2.05, 4.69) is 0 Å². The van der Waals surface area contributed by atoms with E-state index in [0.717, 1.165) is 25.7 Å². The zero-order chi connectivity index (χ0) is 34.4. The lowest BCUT2D eigenvalue weighted by Crippen LogP contribution is -2.49. The Morgan fingerprint density at radius 2 is 1.50 bits per heavy atom. The highest BCUT2D eigenvalue weighted by Crippen LogP contribution is 2.38. The highest BCUT2D eigenvalue weighted by molar-refractivity contribution is 7.32. The molecule has 1 unspecified atom stereocenters. The molecule has 1 saturated carbocycles. The van der Waals surface area contributed by atoms with Crippen LogP contribution in [0.2, 0.25) is 0 Å². The summed E-state index contributed by atoms with van der Waals surface area (Å²) in [6.07, 6.45) is 6.71. The van der Waals surface area contributed by atoms with Gasteiger partial charge < -0.3 is 19.3 Å². The Bertz CT molecular complexity index is 1390. The van der Waals surface area contributed by atoms with Crippen LogP contribution in [0.25, 0.3) is 0 Å². The van der Waals surface area contributed by atoms with Crippen molar-refractivity contribution >= 4 is 20.2 Å². The third-order valence-corrected chi connectivity index (χ3v) is 8.48. The number of benzene rings is 1. The van der Waals surface area contributed by atoms with Gasteiger partial charge in [0.1, 0.15) is 5.75 Å². The zero-order valence-corrected chi connectivity index (χ0v) is 29.1. The molecule has 0 radical (unpaired) electrons. The molecule has 0 spiro atoms. The maximum absolute atomic E-state index is 16.1. The third-order valence-electron chi connectivity index (χ3n) is 7.99. The van der Waals surface area contributed by atoms with Gasteiger partial charge in [-0.1, -0.05) is 30.2 Å². The number of halogens is 1. The summed E-state index contributed by atoms with van der Waals surface area (Å²) in [6, 6.07) is 4.77. The Morgan fingerprint density at radius 3 is 2.00 bits per heavy atom. The summed E-state index contributed by atoms with van der Waals surface area (Å²) in [5, 5.41) is 10.6. The second-order valence-electron chi connectivity index (χ2n) is 14.2. The average Bonchev–Trinajstić information content (AvgIpc) is 3.24. The number of hydrogen-bond acceptors (Lipinski definition) is 9. The molecule has 254 valence electrons. The van der Waals surface area contributed by atoms with Crippen LogP contribution in [0.3, 0.4) is 0 Å². The van der Waals surface area contributed by atoms with Crippen LogP contribution in [0, 0.1) is 30.5 Å². The van der Waals surface area contributed by atoms with E-state index in [1.807, 2.05) is 0 Å². The molecule has 1 aliphatic rings.